The van der Waals surface area contributed by atoms with Crippen LogP contribution in [0.3, 0.4) is 0 Å². The number of hydrogen-bond donors (Lipinski definition) is 0. The van der Waals surface area contributed by atoms with Crippen LogP contribution in [0, 0.1) is 0 Å². The van der Waals surface area contributed by atoms with E-state index in [0.29, 0.717) is 0 Å². The molecule has 1 aliphatic heterocycles. The van der Waals surface area contributed by atoms with Crippen molar-refractivity contribution in [1.29, 1.82) is 0 Å². The fourth-order valence-corrected chi connectivity index (χ4v) is 5.88. The predicted molar refractivity (Wildman–Crippen MR) is 144 cm³/mol. The van der Waals surface area contributed by atoms with E-state index >= 15 is 0 Å². The molecule has 3 aromatic rings. The third-order valence-electron chi connectivity index (χ3n) is 6.76. The van der Waals surface area contributed by atoms with Crippen molar-refractivity contribution in [2.24, 2.45) is 0 Å². The minimum Gasteiger partial charge on any atom is -0.309 e. The van der Waals surface area contributed by atoms with Crippen LogP contribution in [0.4, 0.5) is 17.1 Å². The number of hydrogen-bond acceptors (Lipinski definition) is 1. The highest BCUT2D eigenvalue weighted by Gasteiger charge is 2.30. The third kappa shape index (κ3) is 4.22. The van der Waals surface area contributed by atoms with Crippen molar-refractivity contribution < 1.29 is 0 Å². The summed E-state index contributed by atoms with van der Waals surface area (Å²) in [4.78, 5) is 2.44. The van der Waals surface area contributed by atoms with E-state index in [1.807, 2.05) is 0 Å². The Balaban J connectivity index is 1.70. The van der Waals surface area contributed by atoms with Gasteiger partial charge in [-0.3, -0.25) is 0 Å². The van der Waals surface area contributed by atoms with E-state index < -0.39 is 0 Å². The molecule has 0 spiro atoms. The maximum atomic E-state index is 3.76. The van der Waals surface area contributed by atoms with E-state index in [-0.39, 0.29) is 0 Å². The summed E-state index contributed by atoms with van der Waals surface area (Å²) in [7, 11) is 0. The number of halogens is 2. The lowest BCUT2D eigenvalue weighted by Gasteiger charge is -2.36. The predicted octanol–water partition coefficient (Wildman–Crippen LogP) is 10.1. The van der Waals surface area contributed by atoms with Crippen LogP contribution in [-0.2, 0) is 6.42 Å². The molecule has 5 rings (SSSR count). The van der Waals surface area contributed by atoms with Crippen LogP contribution in [0.5, 0.6) is 0 Å². The Morgan fingerprint density at radius 3 is 1.91 bits per heavy atom. The van der Waals surface area contributed by atoms with Crippen molar-refractivity contribution in [3.63, 3.8) is 0 Å². The Hall–Kier alpha value is -1.84. The monoisotopic (exact) mass is 549 g/mol. The van der Waals surface area contributed by atoms with Gasteiger partial charge in [0.25, 0.3) is 0 Å². The van der Waals surface area contributed by atoms with Gasteiger partial charge in [-0.25, -0.2) is 0 Å². The van der Waals surface area contributed by atoms with Crippen LogP contribution in [0.15, 0.2) is 75.2 Å². The summed E-state index contributed by atoms with van der Waals surface area (Å²) >= 11 is 7.51. The molecule has 0 N–H and O–H groups in total. The highest BCUT2D eigenvalue weighted by molar-refractivity contribution is 9.10. The molecule has 3 heteroatoms. The first-order valence-corrected chi connectivity index (χ1v) is 13.4. The Kier molecular flexibility index (Phi) is 6.57. The number of nitrogens with zero attached hydrogens (tertiary/aromatic N) is 1. The lowest BCUT2D eigenvalue weighted by molar-refractivity contribution is 0.601. The molecule has 1 heterocycles. The number of allylic oxidation sites excluding steroid dienone is 1. The van der Waals surface area contributed by atoms with Gasteiger partial charge in [-0.1, -0.05) is 69.3 Å². The van der Waals surface area contributed by atoms with Gasteiger partial charge in [0.1, 0.15) is 0 Å². The first-order valence-electron chi connectivity index (χ1n) is 11.9. The molecule has 2 aliphatic rings. The molecule has 3 aromatic carbocycles. The maximum absolute atomic E-state index is 3.76. The van der Waals surface area contributed by atoms with Crippen LogP contribution in [-0.4, -0.2) is 0 Å². The Morgan fingerprint density at radius 1 is 0.750 bits per heavy atom. The highest BCUT2D eigenvalue weighted by atomic mass is 79.9. The van der Waals surface area contributed by atoms with E-state index in [9.17, 15) is 0 Å². The molecule has 0 amide bonds. The highest BCUT2D eigenvalue weighted by Crippen LogP contribution is 2.52. The summed E-state index contributed by atoms with van der Waals surface area (Å²) in [5.74, 6) is 0. The lowest BCUT2D eigenvalue weighted by atomic mass is 9.81. The molecule has 0 atom stereocenters. The van der Waals surface area contributed by atoms with Gasteiger partial charge in [0.05, 0.1) is 11.4 Å². The standard InChI is InChI=1S/C29H29Br2N/c1-2-3-7-20-10-14-24(15-11-20)32-27-16-12-22(30)18-25(27)29(21-8-5-4-6-9-21)26-19-23(31)13-17-28(26)32/h10-19H,2-9H2,1H3. The average Bonchev–Trinajstić information content (AvgIpc) is 2.82. The smallest absolute Gasteiger partial charge is 0.0541 e. The van der Waals surface area contributed by atoms with Crippen molar-refractivity contribution in [2.45, 2.75) is 58.3 Å². The lowest BCUT2D eigenvalue weighted by Crippen LogP contribution is -2.19. The number of benzene rings is 3. The number of aryl methyl sites for hydroxylation is 1. The fraction of sp³-hybridized carbons (Fsp3) is 0.310. The summed E-state index contributed by atoms with van der Waals surface area (Å²) in [5, 5.41) is 0. The molecule has 32 heavy (non-hydrogen) atoms. The third-order valence-corrected chi connectivity index (χ3v) is 7.75. The molecule has 1 nitrogen and oxygen atoms in total. The van der Waals surface area contributed by atoms with E-state index in [1.165, 1.54) is 84.3 Å². The molecule has 0 saturated heterocycles. The Bertz CT molecular complexity index is 1100. The summed E-state index contributed by atoms with van der Waals surface area (Å²) in [6.07, 6.45) is 10.00. The van der Waals surface area contributed by atoms with Crippen LogP contribution >= 0.6 is 31.9 Å². The molecule has 0 bridgehead atoms. The molecule has 164 valence electrons. The quantitative estimate of drug-likeness (QED) is 0.244. The van der Waals surface area contributed by atoms with Crippen molar-refractivity contribution in [1.82, 2.24) is 0 Å². The minimum atomic E-state index is 1.14. The maximum Gasteiger partial charge on any atom is 0.0541 e. The van der Waals surface area contributed by atoms with Crippen molar-refractivity contribution in [3.8, 4) is 0 Å². The summed E-state index contributed by atoms with van der Waals surface area (Å²) in [6.45, 7) is 2.25. The second-order valence-corrected chi connectivity index (χ2v) is 10.8. The molecule has 1 saturated carbocycles. The zero-order valence-electron chi connectivity index (χ0n) is 18.6. The molecule has 0 radical (unpaired) electrons. The summed E-state index contributed by atoms with van der Waals surface area (Å²) in [6, 6.07) is 22.7. The van der Waals surface area contributed by atoms with Gasteiger partial charge in [-0.05, 0) is 98.2 Å². The van der Waals surface area contributed by atoms with Gasteiger partial charge >= 0.3 is 0 Å². The number of unbranched alkanes of at least 4 members (excludes halogenated alkanes) is 1. The first-order chi connectivity index (χ1) is 15.7. The molecular weight excluding hydrogens is 522 g/mol. The SMILES string of the molecule is CCCCc1ccc(N2c3ccc(Br)cc3C(=C3CCCCC3)c3cc(Br)ccc32)cc1. The largest absolute Gasteiger partial charge is 0.309 e. The topological polar surface area (TPSA) is 3.24 Å². The van der Waals surface area contributed by atoms with E-state index in [1.54, 1.807) is 5.57 Å². The number of fused-ring (bicyclic) bond motifs is 2. The van der Waals surface area contributed by atoms with Crippen molar-refractivity contribution in [3.05, 3.63) is 91.9 Å². The first kappa shape index (κ1) is 22.0. The molecule has 0 unspecified atom stereocenters. The summed E-state index contributed by atoms with van der Waals surface area (Å²) in [5.41, 5.74) is 11.0. The Labute approximate surface area is 208 Å². The van der Waals surface area contributed by atoms with Gasteiger partial charge in [0.15, 0.2) is 0 Å². The van der Waals surface area contributed by atoms with Crippen molar-refractivity contribution >= 4 is 54.5 Å². The minimum absolute atomic E-state index is 1.14. The molecule has 1 aliphatic carbocycles. The Morgan fingerprint density at radius 2 is 1.34 bits per heavy atom. The molecular formula is C29H29Br2N. The number of anilines is 3. The number of rotatable bonds is 4. The average molecular weight is 551 g/mol. The summed E-state index contributed by atoms with van der Waals surface area (Å²) < 4.78 is 2.27. The van der Waals surface area contributed by atoms with Crippen LogP contribution in [0.25, 0.3) is 5.57 Å². The second kappa shape index (κ2) is 9.57. The molecule has 0 aromatic heterocycles. The molecule has 1 fully saturated rings. The van der Waals surface area contributed by atoms with Crippen LogP contribution in [0.2, 0.25) is 0 Å². The van der Waals surface area contributed by atoms with Gasteiger partial charge in [0.2, 0.25) is 0 Å². The van der Waals surface area contributed by atoms with Crippen LogP contribution < -0.4 is 4.90 Å². The van der Waals surface area contributed by atoms with Gasteiger partial charge in [-0.2, -0.15) is 0 Å². The van der Waals surface area contributed by atoms with Crippen molar-refractivity contribution in [2.75, 3.05) is 4.90 Å². The van der Waals surface area contributed by atoms with Gasteiger partial charge in [-0.15, -0.1) is 0 Å². The van der Waals surface area contributed by atoms with E-state index in [2.05, 4.69) is 104 Å². The van der Waals surface area contributed by atoms with Gasteiger partial charge < -0.3 is 4.90 Å². The van der Waals surface area contributed by atoms with E-state index in [0.717, 1.165) is 15.4 Å². The normalized spacial score (nSPS) is 15.5. The zero-order valence-corrected chi connectivity index (χ0v) is 21.8. The van der Waals surface area contributed by atoms with Gasteiger partial charge in [0, 0.05) is 25.8 Å². The fourth-order valence-electron chi connectivity index (χ4n) is 5.16. The van der Waals surface area contributed by atoms with Crippen LogP contribution in [0.1, 0.15) is 68.6 Å². The van der Waals surface area contributed by atoms with E-state index in [4.69, 9.17) is 0 Å². The zero-order chi connectivity index (χ0) is 22.1. The second-order valence-electron chi connectivity index (χ2n) is 8.97.